The molecule has 32 heavy (non-hydrogen) atoms. The molecule has 4 rings (SSSR count). The molecule has 1 heterocycles. The van der Waals surface area contributed by atoms with E-state index in [1.54, 1.807) is 31.4 Å². The van der Waals surface area contributed by atoms with Crippen LogP contribution in [-0.4, -0.2) is 44.1 Å². The number of nitrogens with one attached hydrogen (secondary N) is 1. The van der Waals surface area contributed by atoms with Gasteiger partial charge in [0.25, 0.3) is 5.91 Å². The molecule has 5 heteroatoms. The average Bonchev–Trinajstić information content (AvgIpc) is 3.25. The van der Waals surface area contributed by atoms with Crippen LogP contribution >= 0.6 is 11.6 Å². The zero-order chi connectivity index (χ0) is 22.3. The van der Waals surface area contributed by atoms with E-state index >= 15 is 0 Å². The Morgan fingerprint density at radius 1 is 1.03 bits per heavy atom. The molecular weight excluding hydrogens is 420 g/mol. The van der Waals surface area contributed by atoms with E-state index in [-0.39, 0.29) is 5.91 Å². The SMILES string of the molecule is COc1ccc([C@H]2CN(CCc3ccccc3)C[C@@H]2CNC(=O)c2cccc(Cl)c2)cc1. The van der Waals surface area contributed by atoms with Crippen molar-refractivity contribution in [2.75, 3.05) is 33.3 Å². The molecule has 0 bridgehead atoms. The third kappa shape index (κ3) is 5.70. The van der Waals surface area contributed by atoms with E-state index in [2.05, 4.69) is 52.7 Å². The van der Waals surface area contributed by atoms with Crippen molar-refractivity contribution in [1.29, 1.82) is 0 Å². The second kappa shape index (κ2) is 10.7. The number of rotatable bonds is 8. The molecule has 1 aliphatic rings. The Labute approximate surface area is 195 Å². The molecule has 1 saturated heterocycles. The third-order valence-electron chi connectivity index (χ3n) is 6.23. The molecule has 0 aliphatic carbocycles. The molecule has 4 nitrogen and oxygen atoms in total. The minimum Gasteiger partial charge on any atom is -0.497 e. The molecule has 0 spiro atoms. The summed E-state index contributed by atoms with van der Waals surface area (Å²) in [5.74, 6) is 1.47. The summed E-state index contributed by atoms with van der Waals surface area (Å²) in [5.41, 5.74) is 3.23. The van der Waals surface area contributed by atoms with E-state index in [1.807, 2.05) is 12.1 Å². The van der Waals surface area contributed by atoms with Gasteiger partial charge in [-0.05, 0) is 53.8 Å². The number of ether oxygens (including phenoxy) is 1. The van der Waals surface area contributed by atoms with E-state index in [0.29, 0.717) is 29.0 Å². The van der Waals surface area contributed by atoms with Gasteiger partial charge in [0, 0.05) is 42.7 Å². The number of benzene rings is 3. The normalized spacial score (nSPS) is 18.4. The van der Waals surface area contributed by atoms with E-state index in [0.717, 1.165) is 31.8 Å². The first-order valence-electron chi connectivity index (χ1n) is 11.1. The molecule has 1 N–H and O–H groups in total. The summed E-state index contributed by atoms with van der Waals surface area (Å²) in [6.45, 7) is 3.58. The number of halogens is 1. The molecule has 0 unspecified atom stereocenters. The van der Waals surface area contributed by atoms with Gasteiger partial charge in [-0.3, -0.25) is 4.79 Å². The topological polar surface area (TPSA) is 41.6 Å². The maximum absolute atomic E-state index is 12.7. The van der Waals surface area contributed by atoms with E-state index in [4.69, 9.17) is 16.3 Å². The van der Waals surface area contributed by atoms with Gasteiger partial charge in [0.15, 0.2) is 0 Å². The lowest BCUT2D eigenvalue weighted by Crippen LogP contribution is -2.32. The molecule has 1 aliphatic heterocycles. The van der Waals surface area contributed by atoms with Crippen LogP contribution in [0.5, 0.6) is 5.75 Å². The molecule has 0 radical (unpaired) electrons. The van der Waals surface area contributed by atoms with Gasteiger partial charge >= 0.3 is 0 Å². The zero-order valence-corrected chi connectivity index (χ0v) is 19.1. The van der Waals surface area contributed by atoms with Gasteiger partial charge < -0.3 is 15.0 Å². The van der Waals surface area contributed by atoms with Crippen molar-refractivity contribution in [3.05, 3.63) is 101 Å². The average molecular weight is 449 g/mol. The van der Waals surface area contributed by atoms with Gasteiger partial charge in [-0.25, -0.2) is 0 Å². The standard InChI is InChI=1S/C27H29ClN2O2/c1-32-25-12-10-21(11-13-25)26-19-30(15-14-20-6-3-2-4-7-20)18-23(26)17-29-27(31)22-8-5-9-24(28)16-22/h2-13,16,23,26H,14-15,17-19H2,1H3,(H,29,31)/t23-,26+/m0/s1. The van der Waals surface area contributed by atoms with Crippen molar-refractivity contribution in [3.63, 3.8) is 0 Å². The highest BCUT2D eigenvalue weighted by atomic mass is 35.5. The molecule has 3 aromatic rings. The number of methoxy groups -OCH3 is 1. The summed E-state index contributed by atoms with van der Waals surface area (Å²) in [6, 6.07) is 26.0. The van der Waals surface area contributed by atoms with Gasteiger partial charge in [-0.15, -0.1) is 0 Å². The highest BCUT2D eigenvalue weighted by Crippen LogP contribution is 2.33. The van der Waals surface area contributed by atoms with Gasteiger partial charge in [-0.2, -0.15) is 0 Å². The maximum atomic E-state index is 12.7. The van der Waals surface area contributed by atoms with Crippen LogP contribution in [0, 0.1) is 5.92 Å². The molecule has 0 saturated carbocycles. The summed E-state index contributed by atoms with van der Waals surface area (Å²) >= 11 is 6.05. The van der Waals surface area contributed by atoms with Crippen LogP contribution in [-0.2, 0) is 6.42 Å². The van der Waals surface area contributed by atoms with E-state index in [1.165, 1.54) is 11.1 Å². The fourth-order valence-electron chi connectivity index (χ4n) is 4.47. The highest BCUT2D eigenvalue weighted by Gasteiger charge is 2.33. The summed E-state index contributed by atoms with van der Waals surface area (Å²) in [4.78, 5) is 15.2. The molecule has 1 amide bonds. The van der Waals surface area contributed by atoms with Crippen molar-refractivity contribution in [3.8, 4) is 5.75 Å². The van der Waals surface area contributed by atoms with Crippen LogP contribution in [0.2, 0.25) is 5.02 Å². The Morgan fingerprint density at radius 3 is 2.53 bits per heavy atom. The predicted octanol–water partition coefficient (Wildman–Crippen LogP) is 5.04. The summed E-state index contributed by atoms with van der Waals surface area (Å²) in [7, 11) is 1.68. The number of carbonyl (C=O) groups is 1. The van der Waals surface area contributed by atoms with Gasteiger partial charge in [0.1, 0.15) is 5.75 Å². The number of carbonyl (C=O) groups excluding carboxylic acids is 1. The smallest absolute Gasteiger partial charge is 0.251 e. The summed E-state index contributed by atoms with van der Waals surface area (Å²) in [5, 5.41) is 3.71. The maximum Gasteiger partial charge on any atom is 0.251 e. The second-order valence-corrected chi connectivity index (χ2v) is 8.79. The zero-order valence-electron chi connectivity index (χ0n) is 18.3. The van der Waals surface area contributed by atoms with Crippen molar-refractivity contribution in [1.82, 2.24) is 10.2 Å². The number of hydrogen-bond acceptors (Lipinski definition) is 3. The Bertz CT molecular complexity index is 1020. The van der Waals surface area contributed by atoms with Gasteiger partial charge in [-0.1, -0.05) is 60.1 Å². The number of amides is 1. The monoisotopic (exact) mass is 448 g/mol. The van der Waals surface area contributed by atoms with Gasteiger partial charge in [0.2, 0.25) is 0 Å². The lowest BCUT2D eigenvalue weighted by molar-refractivity contribution is 0.0946. The third-order valence-corrected chi connectivity index (χ3v) is 6.47. The number of likely N-dealkylation sites (tertiary alicyclic amines) is 1. The molecule has 0 aromatic heterocycles. The van der Waals surface area contributed by atoms with Crippen LogP contribution in [0.3, 0.4) is 0 Å². The van der Waals surface area contributed by atoms with Crippen LogP contribution in [0.15, 0.2) is 78.9 Å². The molecule has 1 fully saturated rings. The molecule has 2 atom stereocenters. The Balaban J connectivity index is 1.44. The first-order valence-corrected chi connectivity index (χ1v) is 11.4. The highest BCUT2D eigenvalue weighted by molar-refractivity contribution is 6.30. The van der Waals surface area contributed by atoms with Crippen LogP contribution in [0.1, 0.15) is 27.4 Å². The molecular formula is C27H29ClN2O2. The first-order chi connectivity index (χ1) is 15.6. The van der Waals surface area contributed by atoms with Gasteiger partial charge in [0.05, 0.1) is 7.11 Å². The number of nitrogens with zero attached hydrogens (tertiary/aromatic N) is 1. The largest absolute Gasteiger partial charge is 0.497 e. The second-order valence-electron chi connectivity index (χ2n) is 8.36. The van der Waals surface area contributed by atoms with Crippen molar-refractivity contribution in [2.45, 2.75) is 12.3 Å². The Kier molecular flexibility index (Phi) is 7.46. The van der Waals surface area contributed by atoms with Crippen LogP contribution in [0.25, 0.3) is 0 Å². The van der Waals surface area contributed by atoms with E-state index in [9.17, 15) is 4.79 Å². The molecule has 166 valence electrons. The minimum absolute atomic E-state index is 0.0799. The Hall–Kier alpha value is -2.82. The minimum atomic E-state index is -0.0799. The van der Waals surface area contributed by atoms with Crippen LogP contribution in [0.4, 0.5) is 0 Å². The predicted molar refractivity (Wildman–Crippen MR) is 130 cm³/mol. The summed E-state index contributed by atoms with van der Waals surface area (Å²) < 4.78 is 5.33. The van der Waals surface area contributed by atoms with E-state index < -0.39 is 0 Å². The molecule has 3 aromatic carbocycles. The van der Waals surface area contributed by atoms with Crippen molar-refractivity contribution < 1.29 is 9.53 Å². The number of hydrogen-bond donors (Lipinski definition) is 1. The lowest BCUT2D eigenvalue weighted by Gasteiger charge is -2.19. The lowest BCUT2D eigenvalue weighted by atomic mass is 9.89. The fraction of sp³-hybridized carbons (Fsp3) is 0.296. The van der Waals surface area contributed by atoms with Crippen LogP contribution < -0.4 is 10.1 Å². The first kappa shape index (κ1) is 22.4. The summed E-state index contributed by atoms with van der Waals surface area (Å²) in [6.07, 6.45) is 1.03. The Morgan fingerprint density at radius 2 is 1.81 bits per heavy atom. The quantitative estimate of drug-likeness (QED) is 0.525. The fourth-order valence-corrected chi connectivity index (χ4v) is 4.66. The van der Waals surface area contributed by atoms with Crippen molar-refractivity contribution in [2.24, 2.45) is 5.92 Å². The van der Waals surface area contributed by atoms with Crippen molar-refractivity contribution >= 4 is 17.5 Å².